The molecule has 8 nitrogen and oxygen atoms in total. The number of carbonyl (C=O) groups excluding carboxylic acids is 2. The topological polar surface area (TPSA) is 96.0 Å². The lowest BCUT2D eigenvalue weighted by molar-refractivity contribution is -0.139. The molecule has 0 unspecified atom stereocenters. The molecule has 0 fully saturated rings. The van der Waals surface area contributed by atoms with Crippen molar-refractivity contribution in [1.82, 2.24) is 10.2 Å². The number of rotatable bonds is 14. The van der Waals surface area contributed by atoms with Crippen molar-refractivity contribution in [3.8, 4) is 5.75 Å². The van der Waals surface area contributed by atoms with Crippen molar-refractivity contribution < 1.29 is 22.7 Å². The van der Waals surface area contributed by atoms with Crippen molar-refractivity contribution in [3.05, 3.63) is 82.3 Å². The van der Waals surface area contributed by atoms with Crippen molar-refractivity contribution in [3.63, 3.8) is 0 Å². The van der Waals surface area contributed by atoms with Crippen LogP contribution < -0.4 is 14.4 Å². The normalized spacial score (nSPS) is 12.1. The predicted molar refractivity (Wildman–Crippen MR) is 175 cm³/mol. The lowest BCUT2D eigenvalue weighted by Gasteiger charge is -2.32. The van der Waals surface area contributed by atoms with Gasteiger partial charge in [0.25, 0.3) is 10.0 Å². The number of amides is 2. The highest BCUT2D eigenvalue weighted by molar-refractivity contribution is 7.98. The van der Waals surface area contributed by atoms with E-state index in [4.69, 9.17) is 27.9 Å². The van der Waals surface area contributed by atoms with Crippen LogP contribution in [0.4, 0.5) is 5.69 Å². The lowest BCUT2D eigenvalue weighted by atomic mass is 10.1. The van der Waals surface area contributed by atoms with E-state index in [0.717, 1.165) is 9.20 Å². The molecule has 0 heterocycles. The van der Waals surface area contributed by atoms with E-state index in [0.29, 0.717) is 27.9 Å². The summed E-state index contributed by atoms with van der Waals surface area (Å²) in [6.45, 7) is 7.46. The van der Waals surface area contributed by atoms with Gasteiger partial charge < -0.3 is 15.0 Å². The van der Waals surface area contributed by atoms with Crippen molar-refractivity contribution in [1.29, 1.82) is 0 Å². The molecule has 0 radical (unpaired) electrons. The maximum Gasteiger partial charge on any atom is 0.264 e. The highest BCUT2D eigenvalue weighted by atomic mass is 35.5. The molecular formula is C31H37Cl2N3O5S2. The van der Waals surface area contributed by atoms with Crippen LogP contribution in [0.3, 0.4) is 0 Å². The molecule has 0 aliphatic heterocycles. The van der Waals surface area contributed by atoms with E-state index in [1.54, 1.807) is 68.4 Å². The number of sulfonamides is 1. The molecular weight excluding hydrogens is 629 g/mol. The van der Waals surface area contributed by atoms with Crippen LogP contribution in [0.15, 0.2) is 76.5 Å². The summed E-state index contributed by atoms with van der Waals surface area (Å²) in [5.41, 5.74) is 0.834. The first-order chi connectivity index (χ1) is 20.4. The minimum absolute atomic E-state index is 0.00456. The number of ether oxygens (including phenoxy) is 1. The zero-order valence-corrected chi connectivity index (χ0v) is 28.0. The average Bonchev–Trinajstić information content (AvgIpc) is 2.99. The Morgan fingerprint density at radius 2 is 1.65 bits per heavy atom. The van der Waals surface area contributed by atoms with Crippen LogP contribution in [-0.4, -0.2) is 57.1 Å². The number of nitrogens with one attached hydrogen (secondary N) is 1. The van der Waals surface area contributed by atoms with Gasteiger partial charge in [-0.3, -0.25) is 13.9 Å². The standard InChI is InChI=1S/C31H37Cl2N3O5S2/c1-6-41-29-10-8-7-9-28(29)36(43(39,40)25-14-12-24(42-5)13-15-25)20-30(37)35(22(4)31(38)34-18-21(2)3)19-23-11-16-26(32)27(33)17-23/h7-17,21-22H,6,18-20H2,1-5H3,(H,34,38)/t22-/m1/s1. The van der Waals surface area contributed by atoms with Gasteiger partial charge in [-0.1, -0.05) is 55.2 Å². The van der Waals surface area contributed by atoms with Crippen LogP contribution in [0.1, 0.15) is 33.3 Å². The second-order valence-electron chi connectivity index (χ2n) is 10.2. The highest BCUT2D eigenvalue weighted by Gasteiger charge is 2.34. The lowest BCUT2D eigenvalue weighted by Crippen LogP contribution is -2.51. The van der Waals surface area contributed by atoms with Gasteiger partial charge in [0.2, 0.25) is 11.8 Å². The van der Waals surface area contributed by atoms with E-state index >= 15 is 0 Å². The summed E-state index contributed by atoms with van der Waals surface area (Å²) in [5.74, 6) is -0.447. The molecule has 43 heavy (non-hydrogen) atoms. The Morgan fingerprint density at radius 3 is 2.26 bits per heavy atom. The van der Waals surface area contributed by atoms with Gasteiger partial charge in [-0.15, -0.1) is 11.8 Å². The molecule has 1 N–H and O–H groups in total. The molecule has 3 aromatic carbocycles. The monoisotopic (exact) mass is 665 g/mol. The molecule has 2 amide bonds. The summed E-state index contributed by atoms with van der Waals surface area (Å²) in [6, 6.07) is 17.1. The molecule has 3 rings (SSSR count). The van der Waals surface area contributed by atoms with Gasteiger partial charge in [0.15, 0.2) is 0 Å². The predicted octanol–water partition coefficient (Wildman–Crippen LogP) is 6.50. The molecule has 1 atom stereocenters. The highest BCUT2D eigenvalue weighted by Crippen LogP contribution is 2.33. The third-order valence-electron chi connectivity index (χ3n) is 6.55. The molecule has 0 saturated heterocycles. The van der Waals surface area contributed by atoms with E-state index in [1.807, 2.05) is 20.1 Å². The number of halogens is 2. The average molecular weight is 667 g/mol. The number of thioether (sulfide) groups is 1. The SMILES string of the molecule is CCOc1ccccc1N(CC(=O)N(Cc1ccc(Cl)c(Cl)c1)[C@H](C)C(=O)NCC(C)C)S(=O)(=O)c1ccc(SC)cc1. The molecule has 0 aliphatic carbocycles. The van der Waals surface area contributed by atoms with E-state index in [-0.39, 0.29) is 35.6 Å². The summed E-state index contributed by atoms with van der Waals surface area (Å²) in [6.07, 6.45) is 1.90. The fourth-order valence-electron chi connectivity index (χ4n) is 4.20. The number of nitrogens with zero attached hydrogens (tertiary/aromatic N) is 2. The number of carbonyl (C=O) groups is 2. The van der Waals surface area contributed by atoms with Crippen LogP contribution in [0, 0.1) is 5.92 Å². The summed E-state index contributed by atoms with van der Waals surface area (Å²) < 4.78 is 35.1. The molecule has 12 heteroatoms. The van der Waals surface area contributed by atoms with Crippen molar-refractivity contribution >= 4 is 62.5 Å². The summed E-state index contributed by atoms with van der Waals surface area (Å²) >= 11 is 13.8. The van der Waals surface area contributed by atoms with Crippen molar-refractivity contribution in [2.75, 3.05) is 30.3 Å². The minimum atomic E-state index is -4.24. The first-order valence-electron chi connectivity index (χ1n) is 13.8. The maximum atomic E-state index is 14.2. The van der Waals surface area contributed by atoms with Gasteiger partial charge in [-0.05, 0) is 80.1 Å². The largest absolute Gasteiger partial charge is 0.492 e. The maximum absolute atomic E-state index is 14.2. The number of para-hydroxylation sites is 2. The van der Waals surface area contributed by atoms with Gasteiger partial charge in [-0.2, -0.15) is 0 Å². The summed E-state index contributed by atoms with van der Waals surface area (Å²) in [4.78, 5) is 29.6. The van der Waals surface area contributed by atoms with Gasteiger partial charge in [-0.25, -0.2) is 8.42 Å². The van der Waals surface area contributed by atoms with E-state index in [2.05, 4.69) is 5.32 Å². The minimum Gasteiger partial charge on any atom is -0.492 e. The summed E-state index contributed by atoms with van der Waals surface area (Å²) in [5, 5.41) is 3.52. The van der Waals surface area contributed by atoms with E-state index in [1.165, 1.54) is 28.8 Å². The quantitative estimate of drug-likeness (QED) is 0.198. The Kier molecular flexibility index (Phi) is 12.6. The Labute approximate surface area is 268 Å². The molecule has 0 bridgehead atoms. The Morgan fingerprint density at radius 1 is 0.977 bits per heavy atom. The molecule has 0 aromatic heterocycles. The Hall–Kier alpha value is -2.92. The molecule has 0 saturated carbocycles. The second kappa shape index (κ2) is 15.7. The van der Waals surface area contributed by atoms with E-state index in [9.17, 15) is 18.0 Å². The zero-order valence-electron chi connectivity index (χ0n) is 24.8. The first kappa shape index (κ1) is 34.6. The van der Waals surface area contributed by atoms with Crippen LogP contribution in [0.5, 0.6) is 5.75 Å². The van der Waals surface area contributed by atoms with Gasteiger partial charge in [0.1, 0.15) is 18.3 Å². The number of hydrogen-bond donors (Lipinski definition) is 1. The Bertz CT molecular complexity index is 1520. The number of benzene rings is 3. The smallest absolute Gasteiger partial charge is 0.264 e. The zero-order chi connectivity index (χ0) is 31.7. The third-order valence-corrected chi connectivity index (χ3v) is 9.81. The Balaban J connectivity index is 2.08. The third kappa shape index (κ3) is 9.04. The van der Waals surface area contributed by atoms with E-state index < -0.39 is 28.5 Å². The molecule has 0 aliphatic rings. The summed E-state index contributed by atoms with van der Waals surface area (Å²) in [7, 11) is -4.24. The first-order valence-corrected chi connectivity index (χ1v) is 17.2. The second-order valence-corrected chi connectivity index (χ2v) is 13.7. The molecule has 3 aromatic rings. The van der Waals surface area contributed by atoms with Crippen molar-refractivity contribution in [2.24, 2.45) is 5.92 Å². The van der Waals surface area contributed by atoms with Crippen LogP contribution in [-0.2, 0) is 26.2 Å². The number of anilines is 1. The van der Waals surface area contributed by atoms with Crippen LogP contribution >= 0.6 is 35.0 Å². The fourth-order valence-corrected chi connectivity index (χ4v) is 6.35. The molecule has 232 valence electrons. The van der Waals surface area contributed by atoms with Gasteiger partial charge >= 0.3 is 0 Å². The fraction of sp³-hybridized carbons (Fsp3) is 0.355. The van der Waals surface area contributed by atoms with Crippen LogP contribution in [0.25, 0.3) is 0 Å². The van der Waals surface area contributed by atoms with Gasteiger partial charge in [0.05, 0.1) is 27.2 Å². The van der Waals surface area contributed by atoms with Crippen LogP contribution in [0.2, 0.25) is 10.0 Å². The van der Waals surface area contributed by atoms with Gasteiger partial charge in [0, 0.05) is 18.0 Å². The van der Waals surface area contributed by atoms with Crippen molar-refractivity contribution in [2.45, 2.75) is 50.1 Å². The molecule has 0 spiro atoms. The number of hydrogen-bond acceptors (Lipinski definition) is 6.